The molecule has 0 atom stereocenters. The van der Waals surface area contributed by atoms with Crippen LogP contribution in [0.15, 0.2) is 40.8 Å². The summed E-state index contributed by atoms with van der Waals surface area (Å²) in [5.74, 6) is 0.712. The molecule has 2 rings (SSSR count). The zero-order chi connectivity index (χ0) is 13.7. The molecule has 2 aromatic rings. The van der Waals surface area contributed by atoms with Crippen molar-refractivity contribution in [3.63, 3.8) is 0 Å². The van der Waals surface area contributed by atoms with Crippen molar-refractivity contribution in [2.45, 2.75) is 12.8 Å². The van der Waals surface area contributed by atoms with Crippen LogP contribution < -0.4 is 0 Å². The molecule has 4 heteroatoms. The number of ether oxygens (including phenoxy) is 1. The number of hydrogen-bond acceptors (Lipinski definition) is 4. The van der Waals surface area contributed by atoms with Crippen molar-refractivity contribution in [3.05, 3.63) is 47.7 Å². The number of hydrogen-bond donors (Lipinski definition) is 0. The monoisotopic (exact) mass is 258 g/mol. The van der Waals surface area contributed by atoms with Crippen molar-refractivity contribution in [3.8, 4) is 11.3 Å². The van der Waals surface area contributed by atoms with Crippen molar-refractivity contribution in [1.82, 2.24) is 0 Å². The van der Waals surface area contributed by atoms with Crippen LogP contribution in [0.3, 0.4) is 0 Å². The molecule has 1 aromatic heterocycles. The van der Waals surface area contributed by atoms with Crippen LogP contribution >= 0.6 is 0 Å². The lowest BCUT2D eigenvalue weighted by Gasteiger charge is -2.03. The normalized spacial score (nSPS) is 10.2. The van der Waals surface area contributed by atoms with Gasteiger partial charge in [0.15, 0.2) is 12.0 Å². The molecule has 0 aliphatic carbocycles. The summed E-state index contributed by atoms with van der Waals surface area (Å²) < 4.78 is 9.97. The van der Waals surface area contributed by atoms with E-state index in [0.29, 0.717) is 30.6 Å². The Morgan fingerprint density at radius 1 is 1.32 bits per heavy atom. The number of esters is 1. The molecule has 0 bridgehead atoms. The SMILES string of the molecule is COC(=O)CCc1cccc(-c2ccc(C=O)o2)c1. The summed E-state index contributed by atoms with van der Waals surface area (Å²) in [5.41, 5.74) is 1.91. The van der Waals surface area contributed by atoms with Crippen molar-refractivity contribution in [2.75, 3.05) is 7.11 Å². The Bertz CT molecular complexity index is 583. The van der Waals surface area contributed by atoms with Gasteiger partial charge in [0.1, 0.15) is 5.76 Å². The van der Waals surface area contributed by atoms with E-state index in [4.69, 9.17) is 4.42 Å². The summed E-state index contributed by atoms with van der Waals surface area (Å²) in [6.45, 7) is 0. The van der Waals surface area contributed by atoms with E-state index >= 15 is 0 Å². The highest BCUT2D eigenvalue weighted by atomic mass is 16.5. The van der Waals surface area contributed by atoms with Gasteiger partial charge < -0.3 is 9.15 Å². The number of carbonyl (C=O) groups excluding carboxylic acids is 2. The van der Waals surface area contributed by atoms with E-state index in [9.17, 15) is 9.59 Å². The molecule has 19 heavy (non-hydrogen) atoms. The highest BCUT2D eigenvalue weighted by molar-refractivity contribution is 5.73. The van der Waals surface area contributed by atoms with E-state index in [1.807, 2.05) is 24.3 Å². The molecule has 0 N–H and O–H groups in total. The summed E-state index contributed by atoms with van der Waals surface area (Å²) in [5, 5.41) is 0. The van der Waals surface area contributed by atoms with E-state index in [1.54, 1.807) is 12.1 Å². The van der Waals surface area contributed by atoms with E-state index in [-0.39, 0.29) is 5.97 Å². The predicted molar refractivity (Wildman–Crippen MR) is 69.9 cm³/mol. The van der Waals surface area contributed by atoms with Gasteiger partial charge in [0.05, 0.1) is 7.11 Å². The molecule has 0 unspecified atom stereocenters. The summed E-state index contributed by atoms with van der Waals surface area (Å²) in [4.78, 5) is 21.7. The fourth-order valence-electron chi connectivity index (χ4n) is 1.80. The molecule has 1 aromatic carbocycles. The van der Waals surface area contributed by atoms with Crippen LogP contribution in [0.5, 0.6) is 0 Å². The molecule has 0 radical (unpaired) electrons. The lowest BCUT2D eigenvalue weighted by Crippen LogP contribution is -2.01. The Morgan fingerprint density at radius 2 is 2.16 bits per heavy atom. The summed E-state index contributed by atoms with van der Waals surface area (Å²) in [6.07, 6.45) is 1.63. The first-order chi connectivity index (χ1) is 9.22. The standard InChI is InChI=1S/C15H14O4/c1-18-15(17)8-5-11-3-2-4-12(9-11)14-7-6-13(10-16)19-14/h2-4,6-7,9-10H,5,8H2,1H3. The first-order valence-electron chi connectivity index (χ1n) is 5.94. The molecule has 0 aliphatic heterocycles. The van der Waals surface area contributed by atoms with Crippen LogP contribution in [0.4, 0.5) is 0 Å². The quantitative estimate of drug-likeness (QED) is 0.611. The molecule has 0 fully saturated rings. The van der Waals surface area contributed by atoms with Gasteiger partial charge in [-0.25, -0.2) is 0 Å². The fourth-order valence-corrected chi connectivity index (χ4v) is 1.80. The number of rotatable bonds is 5. The molecule has 4 nitrogen and oxygen atoms in total. The minimum atomic E-state index is -0.230. The minimum Gasteiger partial charge on any atom is -0.469 e. The topological polar surface area (TPSA) is 56.5 Å². The van der Waals surface area contributed by atoms with Crippen molar-refractivity contribution < 1.29 is 18.7 Å². The van der Waals surface area contributed by atoms with Gasteiger partial charge >= 0.3 is 5.97 Å². The van der Waals surface area contributed by atoms with Crippen molar-refractivity contribution >= 4 is 12.3 Å². The third kappa shape index (κ3) is 3.31. The van der Waals surface area contributed by atoms with Crippen LogP contribution in [0, 0.1) is 0 Å². The van der Waals surface area contributed by atoms with Gasteiger partial charge in [-0.15, -0.1) is 0 Å². The second-order valence-corrected chi connectivity index (χ2v) is 4.10. The molecule has 98 valence electrons. The fraction of sp³-hybridized carbons (Fsp3) is 0.200. The second kappa shape index (κ2) is 6.00. The third-order valence-electron chi connectivity index (χ3n) is 2.80. The van der Waals surface area contributed by atoms with Gasteiger partial charge in [-0.1, -0.05) is 18.2 Å². The summed E-state index contributed by atoms with van der Waals surface area (Å²) in [6, 6.07) is 11.1. The van der Waals surface area contributed by atoms with Crippen LogP contribution in [0.1, 0.15) is 22.5 Å². The van der Waals surface area contributed by atoms with E-state index in [2.05, 4.69) is 4.74 Å². The lowest BCUT2D eigenvalue weighted by molar-refractivity contribution is -0.140. The van der Waals surface area contributed by atoms with Crippen LogP contribution in [0.2, 0.25) is 0 Å². The highest BCUT2D eigenvalue weighted by Crippen LogP contribution is 2.23. The molecule has 0 saturated carbocycles. The first kappa shape index (κ1) is 13.1. The zero-order valence-corrected chi connectivity index (χ0v) is 10.6. The average Bonchev–Trinajstić information content (AvgIpc) is 2.94. The van der Waals surface area contributed by atoms with Crippen LogP contribution in [-0.4, -0.2) is 19.4 Å². The van der Waals surface area contributed by atoms with Crippen LogP contribution in [0.25, 0.3) is 11.3 Å². The Morgan fingerprint density at radius 3 is 2.84 bits per heavy atom. The van der Waals surface area contributed by atoms with Crippen molar-refractivity contribution in [2.24, 2.45) is 0 Å². The maximum absolute atomic E-state index is 11.1. The number of aldehydes is 1. The molecular weight excluding hydrogens is 244 g/mol. The minimum absolute atomic E-state index is 0.230. The number of methoxy groups -OCH3 is 1. The Hall–Kier alpha value is -2.36. The molecule has 0 aliphatic rings. The molecule has 1 heterocycles. The average molecular weight is 258 g/mol. The smallest absolute Gasteiger partial charge is 0.305 e. The van der Waals surface area contributed by atoms with Crippen molar-refractivity contribution in [1.29, 1.82) is 0 Å². The third-order valence-corrected chi connectivity index (χ3v) is 2.80. The first-order valence-corrected chi connectivity index (χ1v) is 5.94. The zero-order valence-electron chi connectivity index (χ0n) is 10.6. The highest BCUT2D eigenvalue weighted by Gasteiger charge is 2.06. The summed E-state index contributed by atoms with van der Waals surface area (Å²) >= 11 is 0. The number of furan rings is 1. The van der Waals surface area contributed by atoms with Gasteiger partial charge in [-0.05, 0) is 30.2 Å². The van der Waals surface area contributed by atoms with E-state index in [1.165, 1.54) is 7.11 Å². The molecule has 0 saturated heterocycles. The molecule has 0 spiro atoms. The predicted octanol–water partition coefficient (Wildman–Crippen LogP) is 2.86. The largest absolute Gasteiger partial charge is 0.469 e. The molecular formula is C15H14O4. The molecule has 0 amide bonds. The van der Waals surface area contributed by atoms with Gasteiger partial charge in [0.25, 0.3) is 0 Å². The summed E-state index contributed by atoms with van der Waals surface area (Å²) in [7, 11) is 1.38. The second-order valence-electron chi connectivity index (χ2n) is 4.10. The maximum atomic E-state index is 11.1. The van der Waals surface area contributed by atoms with Gasteiger partial charge in [-0.3, -0.25) is 9.59 Å². The van der Waals surface area contributed by atoms with E-state index < -0.39 is 0 Å². The maximum Gasteiger partial charge on any atom is 0.305 e. The Balaban J connectivity index is 2.14. The van der Waals surface area contributed by atoms with Gasteiger partial charge in [0, 0.05) is 12.0 Å². The lowest BCUT2D eigenvalue weighted by atomic mass is 10.1. The number of benzene rings is 1. The Kier molecular flexibility index (Phi) is 4.13. The van der Waals surface area contributed by atoms with Gasteiger partial charge in [-0.2, -0.15) is 0 Å². The van der Waals surface area contributed by atoms with E-state index in [0.717, 1.165) is 11.1 Å². The number of aryl methyl sites for hydroxylation is 1. The van der Waals surface area contributed by atoms with Crippen LogP contribution in [-0.2, 0) is 16.0 Å². The van der Waals surface area contributed by atoms with Gasteiger partial charge in [0.2, 0.25) is 0 Å². The number of carbonyl (C=O) groups is 2. The Labute approximate surface area is 111 Å².